The summed E-state index contributed by atoms with van der Waals surface area (Å²) in [5, 5.41) is 9.32. The zero-order valence-electron chi connectivity index (χ0n) is 7.43. The second kappa shape index (κ2) is 3.79. The molecule has 1 aromatic heterocycles. The summed E-state index contributed by atoms with van der Waals surface area (Å²) < 4.78 is 0. The van der Waals surface area contributed by atoms with Crippen LogP contribution in [0.2, 0.25) is 0 Å². The maximum atomic E-state index is 9.32. The molecule has 1 saturated carbocycles. The molecule has 1 heterocycles. The Morgan fingerprint density at radius 2 is 1.69 bits per heavy atom. The molecule has 0 radical (unpaired) electrons. The van der Waals surface area contributed by atoms with Gasteiger partial charge >= 0.3 is 0 Å². The van der Waals surface area contributed by atoms with Crippen LogP contribution in [-0.2, 0) is 0 Å². The van der Waals surface area contributed by atoms with Crippen molar-refractivity contribution in [3.63, 3.8) is 0 Å². The van der Waals surface area contributed by atoms with E-state index in [1.165, 1.54) is 12.7 Å². The molecule has 0 spiro atoms. The standard InChI is InChI=1S/C9H13N3O/c13-8-3-1-7(2-4-8)9-11-5-10-6-12-9/h5-8,13H,1-4H2. The maximum absolute atomic E-state index is 9.32. The van der Waals surface area contributed by atoms with E-state index >= 15 is 0 Å². The molecule has 1 fully saturated rings. The average Bonchev–Trinajstić information content (AvgIpc) is 2.20. The highest BCUT2D eigenvalue weighted by Gasteiger charge is 2.22. The van der Waals surface area contributed by atoms with Crippen LogP contribution in [0.15, 0.2) is 12.7 Å². The number of hydrogen-bond donors (Lipinski definition) is 1. The zero-order chi connectivity index (χ0) is 9.10. The first-order valence-corrected chi connectivity index (χ1v) is 4.66. The highest BCUT2D eigenvalue weighted by Crippen LogP contribution is 2.30. The third-order valence-corrected chi connectivity index (χ3v) is 2.58. The number of aliphatic hydroxyl groups is 1. The molecule has 0 bridgehead atoms. The van der Waals surface area contributed by atoms with Crippen LogP contribution >= 0.6 is 0 Å². The van der Waals surface area contributed by atoms with Gasteiger partial charge in [-0.3, -0.25) is 0 Å². The summed E-state index contributed by atoms with van der Waals surface area (Å²) in [6.07, 6.45) is 6.68. The van der Waals surface area contributed by atoms with Crippen molar-refractivity contribution in [2.24, 2.45) is 0 Å². The van der Waals surface area contributed by atoms with Gasteiger partial charge in [-0.1, -0.05) is 0 Å². The first-order chi connectivity index (χ1) is 6.36. The molecular weight excluding hydrogens is 166 g/mol. The quantitative estimate of drug-likeness (QED) is 0.695. The lowest BCUT2D eigenvalue weighted by Crippen LogP contribution is -2.18. The lowest BCUT2D eigenvalue weighted by Gasteiger charge is -2.23. The summed E-state index contributed by atoms with van der Waals surface area (Å²) in [5.41, 5.74) is 0. The molecule has 1 N–H and O–H groups in total. The normalized spacial score (nSPS) is 28.7. The summed E-state index contributed by atoms with van der Waals surface area (Å²) in [6.45, 7) is 0. The van der Waals surface area contributed by atoms with Crippen molar-refractivity contribution in [3.05, 3.63) is 18.5 Å². The Morgan fingerprint density at radius 3 is 2.31 bits per heavy atom. The highest BCUT2D eigenvalue weighted by molar-refractivity contribution is 4.95. The third-order valence-electron chi connectivity index (χ3n) is 2.58. The molecular formula is C9H13N3O. The van der Waals surface area contributed by atoms with Crippen molar-refractivity contribution in [2.45, 2.75) is 37.7 Å². The van der Waals surface area contributed by atoms with Crippen LogP contribution < -0.4 is 0 Å². The van der Waals surface area contributed by atoms with Crippen molar-refractivity contribution < 1.29 is 5.11 Å². The minimum absolute atomic E-state index is 0.113. The number of rotatable bonds is 1. The molecule has 1 aliphatic rings. The van der Waals surface area contributed by atoms with E-state index in [9.17, 15) is 5.11 Å². The molecule has 0 amide bonds. The van der Waals surface area contributed by atoms with E-state index in [2.05, 4.69) is 15.0 Å². The summed E-state index contributed by atoms with van der Waals surface area (Å²) in [5.74, 6) is 1.30. The van der Waals surface area contributed by atoms with Crippen LogP contribution in [0.3, 0.4) is 0 Å². The Bertz CT molecular complexity index is 257. The van der Waals surface area contributed by atoms with Crippen LogP contribution in [-0.4, -0.2) is 26.2 Å². The Hall–Kier alpha value is -1.03. The van der Waals surface area contributed by atoms with Crippen molar-refractivity contribution in [1.82, 2.24) is 15.0 Å². The van der Waals surface area contributed by atoms with E-state index in [0.29, 0.717) is 5.92 Å². The van der Waals surface area contributed by atoms with E-state index in [-0.39, 0.29) is 6.10 Å². The molecule has 0 aromatic carbocycles. The van der Waals surface area contributed by atoms with Gasteiger partial charge in [0.25, 0.3) is 0 Å². The minimum atomic E-state index is -0.113. The lowest BCUT2D eigenvalue weighted by atomic mass is 9.87. The summed E-state index contributed by atoms with van der Waals surface area (Å²) in [4.78, 5) is 12.0. The average molecular weight is 179 g/mol. The molecule has 2 rings (SSSR count). The number of aliphatic hydroxyl groups excluding tert-OH is 1. The van der Waals surface area contributed by atoms with Gasteiger partial charge in [0.1, 0.15) is 18.5 Å². The SMILES string of the molecule is OC1CCC(c2ncncn2)CC1. The molecule has 0 unspecified atom stereocenters. The fourth-order valence-corrected chi connectivity index (χ4v) is 1.79. The van der Waals surface area contributed by atoms with Gasteiger partial charge in [-0.15, -0.1) is 0 Å². The lowest BCUT2D eigenvalue weighted by molar-refractivity contribution is 0.121. The van der Waals surface area contributed by atoms with Crippen LogP contribution in [0.1, 0.15) is 37.4 Å². The topological polar surface area (TPSA) is 58.9 Å². The van der Waals surface area contributed by atoms with Gasteiger partial charge in [0.15, 0.2) is 0 Å². The number of aromatic nitrogens is 3. The molecule has 4 heteroatoms. The summed E-state index contributed by atoms with van der Waals surface area (Å²) in [7, 11) is 0. The van der Waals surface area contributed by atoms with Crippen LogP contribution in [0.25, 0.3) is 0 Å². The Balaban J connectivity index is 2.03. The van der Waals surface area contributed by atoms with Gasteiger partial charge in [-0.25, -0.2) is 15.0 Å². The fourth-order valence-electron chi connectivity index (χ4n) is 1.79. The molecule has 13 heavy (non-hydrogen) atoms. The van der Waals surface area contributed by atoms with E-state index in [0.717, 1.165) is 31.5 Å². The van der Waals surface area contributed by atoms with Crippen molar-refractivity contribution >= 4 is 0 Å². The van der Waals surface area contributed by atoms with Crippen molar-refractivity contribution in [3.8, 4) is 0 Å². The van der Waals surface area contributed by atoms with E-state index in [4.69, 9.17) is 0 Å². The summed E-state index contributed by atoms with van der Waals surface area (Å²) in [6, 6.07) is 0. The Labute approximate surface area is 77.1 Å². The van der Waals surface area contributed by atoms with Crippen LogP contribution in [0.5, 0.6) is 0 Å². The van der Waals surface area contributed by atoms with Gasteiger partial charge < -0.3 is 5.11 Å². The molecule has 0 saturated heterocycles. The van der Waals surface area contributed by atoms with Crippen LogP contribution in [0, 0.1) is 0 Å². The number of nitrogens with zero attached hydrogens (tertiary/aromatic N) is 3. The third kappa shape index (κ3) is 2.01. The van der Waals surface area contributed by atoms with Crippen LogP contribution in [0.4, 0.5) is 0 Å². The van der Waals surface area contributed by atoms with Crippen molar-refractivity contribution in [2.75, 3.05) is 0 Å². The molecule has 1 aliphatic carbocycles. The van der Waals surface area contributed by atoms with Gasteiger partial charge in [0.2, 0.25) is 0 Å². The molecule has 70 valence electrons. The summed E-state index contributed by atoms with van der Waals surface area (Å²) >= 11 is 0. The maximum Gasteiger partial charge on any atom is 0.135 e. The first kappa shape index (κ1) is 8.56. The Kier molecular flexibility index (Phi) is 2.49. The van der Waals surface area contributed by atoms with E-state index < -0.39 is 0 Å². The number of hydrogen-bond acceptors (Lipinski definition) is 4. The molecule has 0 atom stereocenters. The fraction of sp³-hybridized carbons (Fsp3) is 0.667. The second-order valence-electron chi connectivity index (χ2n) is 3.50. The van der Waals surface area contributed by atoms with E-state index in [1.54, 1.807) is 0 Å². The van der Waals surface area contributed by atoms with Gasteiger partial charge in [0, 0.05) is 5.92 Å². The van der Waals surface area contributed by atoms with Gasteiger partial charge in [-0.05, 0) is 25.7 Å². The Morgan fingerprint density at radius 1 is 1.08 bits per heavy atom. The predicted octanol–water partition coefficient (Wildman–Crippen LogP) is 0.890. The smallest absolute Gasteiger partial charge is 0.135 e. The van der Waals surface area contributed by atoms with Gasteiger partial charge in [-0.2, -0.15) is 0 Å². The zero-order valence-corrected chi connectivity index (χ0v) is 7.43. The van der Waals surface area contributed by atoms with E-state index in [1.807, 2.05) is 0 Å². The highest BCUT2D eigenvalue weighted by atomic mass is 16.3. The first-order valence-electron chi connectivity index (χ1n) is 4.66. The monoisotopic (exact) mass is 179 g/mol. The molecule has 4 nitrogen and oxygen atoms in total. The van der Waals surface area contributed by atoms with Gasteiger partial charge in [0.05, 0.1) is 6.10 Å². The molecule has 0 aliphatic heterocycles. The minimum Gasteiger partial charge on any atom is -0.393 e. The predicted molar refractivity (Wildman–Crippen MR) is 47.0 cm³/mol. The second-order valence-corrected chi connectivity index (χ2v) is 3.50. The van der Waals surface area contributed by atoms with Crippen molar-refractivity contribution in [1.29, 1.82) is 0 Å². The largest absolute Gasteiger partial charge is 0.393 e. The molecule has 1 aromatic rings.